The number of hydrogen-bond acceptors (Lipinski definition) is 1. The van der Waals surface area contributed by atoms with Crippen molar-refractivity contribution >= 4 is 29.1 Å². The second-order valence-electron chi connectivity index (χ2n) is 4.98. The lowest BCUT2D eigenvalue weighted by Crippen LogP contribution is -1.90. The van der Waals surface area contributed by atoms with E-state index < -0.39 is 0 Å². The summed E-state index contributed by atoms with van der Waals surface area (Å²) in [4.78, 5) is 0. The van der Waals surface area contributed by atoms with Gasteiger partial charge in [-0.3, -0.25) is 0 Å². The maximum atomic E-state index is 10.0. The van der Waals surface area contributed by atoms with Gasteiger partial charge in [0.1, 0.15) is 5.75 Å². The van der Waals surface area contributed by atoms with E-state index in [1.54, 1.807) is 6.07 Å². The van der Waals surface area contributed by atoms with E-state index >= 15 is 0 Å². The third-order valence-electron chi connectivity index (χ3n) is 3.46. The lowest BCUT2D eigenvalue weighted by Gasteiger charge is -2.08. The van der Waals surface area contributed by atoms with E-state index in [-0.39, 0.29) is 0 Å². The van der Waals surface area contributed by atoms with Crippen molar-refractivity contribution in [3.63, 3.8) is 0 Å². The number of hydrogen-bond donors (Lipinski definition) is 1. The molecule has 0 spiro atoms. The minimum atomic E-state index is 0.308. The van der Waals surface area contributed by atoms with Crippen LogP contribution in [0, 0.1) is 0 Å². The number of phenols is 1. The van der Waals surface area contributed by atoms with Crippen LogP contribution in [0.15, 0.2) is 66.7 Å². The summed E-state index contributed by atoms with van der Waals surface area (Å²) in [7, 11) is 5.28. The molecule has 0 bridgehead atoms. The summed E-state index contributed by atoms with van der Waals surface area (Å²) >= 11 is 0. The Morgan fingerprint density at radius 1 is 0.571 bits per heavy atom. The standard InChI is InChI=1S/C18H16OP2/c19-18-11-16(21)9-10-17(18)14-3-1-12(2-4-14)13-5-7-15(20)8-6-13/h1-11,19H,20-21H2. The molecule has 2 unspecified atom stereocenters. The van der Waals surface area contributed by atoms with Crippen LogP contribution < -0.4 is 10.6 Å². The minimum absolute atomic E-state index is 0.308. The number of phenolic OH excluding ortho intramolecular Hbond substituents is 1. The molecule has 3 heteroatoms. The summed E-state index contributed by atoms with van der Waals surface area (Å²) in [6, 6.07) is 22.3. The van der Waals surface area contributed by atoms with Crippen LogP contribution in [0.5, 0.6) is 5.75 Å². The van der Waals surface area contributed by atoms with Crippen LogP contribution in [0.3, 0.4) is 0 Å². The fraction of sp³-hybridized carbons (Fsp3) is 0. The van der Waals surface area contributed by atoms with Crippen molar-refractivity contribution in [2.75, 3.05) is 0 Å². The molecule has 0 fully saturated rings. The van der Waals surface area contributed by atoms with Gasteiger partial charge >= 0.3 is 0 Å². The molecule has 0 heterocycles. The lowest BCUT2D eigenvalue weighted by molar-refractivity contribution is 0.478. The van der Waals surface area contributed by atoms with Gasteiger partial charge in [-0.05, 0) is 33.4 Å². The van der Waals surface area contributed by atoms with Gasteiger partial charge in [0.2, 0.25) is 0 Å². The lowest BCUT2D eigenvalue weighted by atomic mass is 10.00. The SMILES string of the molecule is Oc1cc(P)ccc1-c1ccc(-c2ccc(P)cc2)cc1. The first kappa shape index (κ1) is 14.3. The third kappa shape index (κ3) is 3.16. The molecule has 3 aromatic carbocycles. The van der Waals surface area contributed by atoms with E-state index in [4.69, 9.17) is 0 Å². The van der Waals surface area contributed by atoms with Gasteiger partial charge in [-0.25, -0.2) is 0 Å². The van der Waals surface area contributed by atoms with Crippen molar-refractivity contribution in [1.29, 1.82) is 0 Å². The maximum Gasteiger partial charge on any atom is 0.124 e. The van der Waals surface area contributed by atoms with Crippen LogP contribution >= 0.6 is 18.5 Å². The molecule has 0 aliphatic heterocycles. The van der Waals surface area contributed by atoms with Gasteiger partial charge in [0.15, 0.2) is 0 Å². The highest BCUT2D eigenvalue weighted by atomic mass is 31.0. The zero-order valence-electron chi connectivity index (χ0n) is 11.5. The van der Waals surface area contributed by atoms with Crippen LogP contribution in [-0.2, 0) is 0 Å². The molecule has 0 aliphatic carbocycles. The molecule has 21 heavy (non-hydrogen) atoms. The Balaban J connectivity index is 1.95. The molecular formula is C18H16OP2. The second kappa shape index (κ2) is 5.98. The predicted molar refractivity (Wildman–Crippen MR) is 97.7 cm³/mol. The highest BCUT2D eigenvalue weighted by Crippen LogP contribution is 2.30. The first-order valence-corrected chi connectivity index (χ1v) is 7.84. The highest BCUT2D eigenvalue weighted by Gasteiger charge is 2.05. The number of benzene rings is 3. The molecule has 0 saturated carbocycles. The van der Waals surface area contributed by atoms with E-state index in [0.717, 1.165) is 16.4 Å². The van der Waals surface area contributed by atoms with E-state index in [1.165, 1.54) is 16.4 Å². The molecule has 3 aromatic rings. The van der Waals surface area contributed by atoms with Gasteiger partial charge in [0.25, 0.3) is 0 Å². The van der Waals surface area contributed by atoms with Gasteiger partial charge < -0.3 is 5.11 Å². The topological polar surface area (TPSA) is 20.2 Å². The molecular weight excluding hydrogens is 294 g/mol. The van der Waals surface area contributed by atoms with Crippen molar-refractivity contribution in [2.24, 2.45) is 0 Å². The van der Waals surface area contributed by atoms with Gasteiger partial charge in [-0.2, -0.15) is 0 Å². The smallest absolute Gasteiger partial charge is 0.124 e. The first-order chi connectivity index (χ1) is 10.1. The molecule has 0 amide bonds. The monoisotopic (exact) mass is 310 g/mol. The van der Waals surface area contributed by atoms with Crippen molar-refractivity contribution in [2.45, 2.75) is 0 Å². The van der Waals surface area contributed by atoms with Gasteiger partial charge in [-0.15, -0.1) is 18.5 Å². The Bertz CT molecular complexity index is 762. The largest absolute Gasteiger partial charge is 0.507 e. The summed E-state index contributed by atoms with van der Waals surface area (Å²) in [6.07, 6.45) is 0. The Morgan fingerprint density at radius 3 is 1.62 bits per heavy atom. The summed E-state index contributed by atoms with van der Waals surface area (Å²) in [5, 5.41) is 12.2. The van der Waals surface area contributed by atoms with Crippen molar-refractivity contribution in [3.05, 3.63) is 66.7 Å². The Kier molecular flexibility index (Phi) is 4.06. The fourth-order valence-corrected chi connectivity index (χ4v) is 2.76. The summed E-state index contributed by atoms with van der Waals surface area (Å²) in [5.41, 5.74) is 4.24. The average molecular weight is 310 g/mol. The Hall–Kier alpha value is -1.68. The zero-order valence-corrected chi connectivity index (χ0v) is 13.8. The molecule has 0 aliphatic rings. The summed E-state index contributed by atoms with van der Waals surface area (Å²) in [6.45, 7) is 0. The van der Waals surface area contributed by atoms with E-state index in [2.05, 4.69) is 54.9 Å². The van der Waals surface area contributed by atoms with E-state index in [1.807, 2.05) is 24.3 Å². The van der Waals surface area contributed by atoms with Gasteiger partial charge in [0, 0.05) is 5.56 Å². The Labute approximate surface area is 129 Å². The fourth-order valence-electron chi connectivity index (χ4n) is 2.31. The minimum Gasteiger partial charge on any atom is -0.507 e. The van der Waals surface area contributed by atoms with Crippen LogP contribution in [0.2, 0.25) is 0 Å². The third-order valence-corrected chi connectivity index (χ3v) is 4.21. The van der Waals surface area contributed by atoms with Crippen LogP contribution in [0.1, 0.15) is 0 Å². The normalized spacial score (nSPS) is 10.6. The van der Waals surface area contributed by atoms with E-state index in [9.17, 15) is 5.11 Å². The molecule has 0 radical (unpaired) electrons. The molecule has 3 rings (SSSR count). The zero-order chi connectivity index (χ0) is 14.8. The maximum absolute atomic E-state index is 10.0. The molecule has 0 aromatic heterocycles. The summed E-state index contributed by atoms with van der Waals surface area (Å²) < 4.78 is 0. The number of aromatic hydroxyl groups is 1. The van der Waals surface area contributed by atoms with Crippen LogP contribution in [0.4, 0.5) is 0 Å². The molecule has 1 N–H and O–H groups in total. The van der Waals surface area contributed by atoms with Crippen molar-refractivity contribution in [3.8, 4) is 28.0 Å². The Morgan fingerprint density at radius 2 is 1.05 bits per heavy atom. The van der Waals surface area contributed by atoms with Crippen LogP contribution in [-0.4, -0.2) is 5.11 Å². The first-order valence-electron chi connectivity index (χ1n) is 6.68. The predicted octanol–water partition coefficient (Wildman–Crippen LogP) is 3.73. The van der Waals surface area contributed by atoms with Crippen molar-refractivity contribution < 1.29 is 5.11 Å². The molecule has 104 valence electrons. The molecule has 1 nitrogen and oxygen atoms in total. The van der Waals surface area contributed by atoms with E-state index in [0.29, 0.717) is 5.75 Å². The van der Waals surface area contributed by atoms with Crippen molar-refractivity contribution in [1.82, 2.24) is 0 Å². The second-order valence-corrected chi connectivity index (χ2v) is 6.31. The van der Waals surface area contributed by atoms with Gasteiger partial charge in [-0.1, -0.05) is 60.7 Å². The number of rotatable bonds is 2. The average Bonchev–Trinajstić information content (AvgIpc) is 2.48. The highest BCUT2D eigenvalue weighted by molar-refractivity contribution is 7.27. The van der Waals surface area contributed by atoms with Crippen LogP contribution in [0.25, 0.3) is 22.3 Å². The summed E-state index contributed by atoms with van der Waals surface area (Å²) in [5.74, 6) is 0.308. The molecule has 2 atom stereocenters. The quantitative estimate of drug-likeness (QED) is 0.715. The molecule has 0 saturated heterocycles. The van der Waals surface area contributed by atoms with Gasteiger partial charge in [0.05, 0.1) is 0 Å².